The molecule has 0 aliphatic heterocycles. The van der Waals surface area contributed by atoms with Crippen LogP contribution in [0, 0.1) is 0 Å². The van der Waals surface area contributed by atoms with Crippen molar-refractivity contribution in [1.29, 1.82) is 0 Å². The van der Waals surface area contributed by atoms with Gasteiger partial charge in [0, 0.05) is 0 Å². The second kappa shape index (κ2) is 3.25. The van der Waals surface area contributed by atoms with Crippen LogP contribution in [0.2, 0.25) is 0 Å². The molecule has 5 heteroatoms. The molecule has 0 aliphatic rings. The summed E-state index contributed by atoms with van der Waals surface area (Å²) in [5.74, 6) is 0.0956. The summed E-state index contributed by atoms with van der Waals surface area (Å²) in [6.45, 7) is 1.68. The zero-order valence-corrected chi connectivity index (χ0v) is 7.02. The summed E-state index contributed by atoms with van der Waals surface area (Å²) >= 11 is 0. The molecule has 0 amide bonds. The predicted octanol–water partition coefficient (Wildman–Crippen LogP) is 0.199. The van der Waals surface area contributed by atoms with E-state index in [-0.39, 0.29) is 5.97 Å². The van der Waals surface area contributed by atoms with Crippen LogP contribution >= 0.6 is 0 Å². The van der Waals surface area contributed by atoms with E-state index in [0.29, 0.717) is 5.82 Å². The normalized spacial score (nSPS) is 12.5. The van der Waals surface area contributed by atoms with E-state index < -0.39 is 6.04 Å². The zero-order valence-electron chi connectivity index (χ0n) is 7.02. The number of nitrogen functional groups attached to an aromatic ring is 1. The molecule has 1 unspecified atom stereocenters. The molecule has 0 radical (unpaired) electrons. The van der Waals surface area contributed by atoms with E-state index in [1.807, 2.05) is 0 Å². The van der Waals surface area contributed by atoms with Gasteiger partial charge in [-0.05, 0) is 13.0 Å². The number of carbonyl (C=O) groups excluding carboxylic acids is 1. The van der Waals surface area contributed by atoms with Gasteiger partial charge in [-0.2, -0.15) is 5.10 Å². The van der Waals surface area contributed by atoms with Gasteiger partial charge in [0.25, 0.3) is 0 Å². The molecule has 2 N–H and O–H groups in total. The number of rotatable bonds is 2. The topological polar surface area (TPSA) is 70.1 Å². The number of ether oxygens (including phenoxy) is 1. The van der Waals surface area contributed by atoms with Crippen LogP contribution in [0.1, 0.15) is 13.0 Å². The molecule has 0 bridgehead atoms. The monoisotopic (exact) mass is 169 g/mol. The predicted molar refractivity (Wildman–Crippen MR) is 43.4 cm³/mol. The molecule has 1 rings (SSSR count). The third kappa shape index (κ3) is 1.39. The van der Waals surface area contributed by atoms with Crippen LogP contribution < -0.4 is 5.73 Å². The summed E-state index contributed by atoms with van der Waals surface area (Å²) in [4.78, 5) is 11.0. The SMILES string of the molecule is COC(=O)C(C)n1nccc1N. The largest absolute Gasteiger partial charge is 0.467 e. The standard InChI is InChI=1S/C7H11N3O2/c1-5(7(11)12-2)10-6(8)3-4-9-10/h3-5H,8H2,1-2H3. The van der Waals surface area contributed by atoms with Crippen molar-refractivity contribution in [2.24, 2.45) is 0 Å². The molecule has 1 heterocycles. The van der Waals surface area contributed by atoms with Crippen molar-refractivity contribution < 1.29 is 9.53 Å². The van der Waals surface area contributed by atoms with Crippen molar-refractivity contribution in [3.8, 4) is 0 Å². The highest BCUT2D eigenvalue weighted by molar-refractivity contribution is 5.74. The first-order chi connectivity index (χ1) is 5.66. The quantitative estimate of drug-likeness (QED) is 0.642. The van der Waals surface area contributed by atoms with E-state index in [9.17, 15) is 4.79 Å². The molecule has 1 aromatic rings. The van der Waals surface area contributed by atoms with Gasteiger partial charge in [-0.3, -0.25) is 0 Å². The Morgan fingerprint density at radius 1 is 1.83 bits per heavy atom. The Morgan fingerprint density at radius 3 is 2.92 bits per heavy atom. The Labute approximate surface area is 70.1 Å². The van der Waals surface area contributed by atoms with E-state index in [2.05, 4.69) is 9.84 Å². The van der Waals surface area contributed by atoms with E-state index in [4.69, 9.17) is 5.73 Å². The molecular weight excluding hydrogens is 158 g/mol. The maximum absolute atomic E-state index is 11.0. The third-order valence-electron chi connectivity index (χ3n) is 1.61. The van der Waals surface area contributed by atoms with Crippen molar-refractivity contribution in [3.63, 3.8) is 0 Å². The highest BCUT2D eigenvalue weighted by Crippen LogP contribution is 2.11. The van der Waals surface area contributed by atoms with Gasteiger partial charge in [-0.15, -0.1) is 0 Å². The number of nitrogens with zero attached hydrogens (tertiary/aromatic N) is 2. The lowest BCUT2D eigenvalue weighted by molar-refractivity contribution is -0.144. The van der Waals surface area contributed by atoms with Crippen molar-refractivity contribution in [2.45, 2.75) is 13.0 Å². The number of hydrogen-bond acceptors (Lipinski definition) is 4. The fraction of sp³-hybridized carbons (Fsp3) is 0.429. The van der Waals surface area contributed by atoms with Gasteiger partial charge >= 0.3 is 5.97 Å². The molecule has 1 aromatic heterocycles. The minimum atomic E-state index is -0.468. The van der Waals surface area contributed by atoms with Gasteiger partial charge in [0.15, 0.2) is 0 Å². The third-order valence-corrected chi connectivity index (χ3v) is 1.61. The number of carbonyl (C=O) groups is 1. The summed E-state index contributed by atoms with van der Waals surface area (Å²) in [5, 5.41) is 3.88. The van der Waals surface area contributed by atoms with E-state index in [0.717, 1.165) is 0 Å². The smallest absolute Gasteiger partial charge is 0.330 e. The second-order valence-corrected chi connectivity index (χ2v) is 2.40. The first-order valence-corrected chi connectivity index (χ1v) is 3.53. The highest BCUT2D eigenvalue weighted by Gasteiger charge is 2.16. The Balaban J connectivity index is 2.84. The Kier molecular flexibility index (Phi) is 2.32. The van der Waals surface area contributed by atoms with Crippen LogP contribution in [0.4, 0.5) is 5.82 Å². The molecule has 66 valence electrons. The molecule has 0 spiro atoms. The first kappa shape index (κ1) is 8.58. The van der Waals surface area contributed by atoms with Gasteiger partial charge in [-0.25, -0.2) is 9.48 Å². The van der Waals surface area contributed by atoms with Crippen molar-refractivity contribution >= 4 is 11.8 Å². The summed E-state index contributed by atoms with van der Waals surface area (Å²) < 4.78 is 5.94. The van der Waals surface area contributed by atoms with E-state index in [1.54, 1.807) is 13.0 Å². The summed E-state index contributed by atoms with van der Waals surface area (Å²) in [6, 6.07) is 1.16. The highest BCUT2D eigenvalue weighted by atomic mass is 16.5. The number of hydrogen-bond donors (Lipinski definition) is 1. The molecule has 12 heavy (non-hydrogen) atoms. The van der Waals surface area contributed by atoms with E-state index in [1.165, 1.54) is 18.0 Å². The lowest BCUT2D eigenvalue weighted by Crippen LogP contribution is -2.20. The minimum Gasteiger partial charge on any atom is -0.467 e. The Morgan fingerprint density at radius 2 is 2.50 bits per heavy atom. The van der Waals surface area contributed by atoms with Crippen molar-refractivity contribution in [3.05, 3.63) is 12.3 Å². The second-order valence-electron chi connectivity index (χ2n) is 2.40. The van der Waals surface area contributed by atoms with Gasteiger partial charge in [0.1, 0.15) is 11.9 Å². The Bertz CT molecular complexity index is 282. The fourth-order valence-electron chi connectivity index (χ4n) is 0.919. The Hall–Kier alpha value is -1.52. The van der Waals surface area contributed by atoms with Crippen LogP contribution in [0.25, 0.3) is 0 Å². The molecule has 0 fully saturated rings. The van der Waals surface area contributed by atoms with Crippen LogP contribution in [0.3, 0.4) is 0 Å². The number of nitrogens with two attached hydrogens (primary N) is 1. The molecule has 0 saturated heterocycles. The van der Waals surface area contributed by atoms with Crippen LogP contribution in [-0.2, 0) is 9.53 Å². The van der Waals surface area contributed by atoms with Crippen LogP contribution in [-0.4, -0.2) is 22.9 Å². The van der Waals surface area contributed by atoms with Crippen molar-refractivity contribution in [2.75, 3.05) is 12.8 Å². The zero-order chi connectivity index (χ0) is 9.14. The lowest BCUT2D eigenvalue weighted by Gasteiger charge is -2.10. The maximum Gasteiger partial charge on any atom is 0.330 e. The van der Waals surface area contributed by atoms with Gasteiger partial charge in [0.05, 0.1) is 13.3 Å². The molecule has 1 atom stereocenters. The molecule has 0 saturated carbocycles. The fourth-order valence-corrected chi connectivity index (χ4v) is 0.919. The minimum absolute atomic E-state index is 0.356. The van der Waals surface area contributed by atoms with Gasteiger partial charge < -0.3 is 10.5 Å². The average Bonchev–Trinajstić information content (AvgIpc) is 2.48. The average molecular weight is 169 g/mol. The van der Waals surface area contributed by atoms with Gasteiger partial charge in [-0.1, -0.05) is 0 Å². The number of anilines is 1. The first-order valence-electron chi connectivity index (χ1n) is 3.53. The summed E-state index contributed by atoms with van der Waals surface area (Å²) in [7, 11) is 1.33. The molecule has 0 aliphatic carbocycles. The molecule has 5 nitrogen and oxygen atoms in total. The summed E-state index contributed by atoms with van der Waals surface area (Å²) in [6.07, 6.45) is 1.54. The number of esters is 1. The lowest BCUT2D eigenvalue weighted by atomic mass is 10.3. The van der Waals surface area contributed by atoms with Gasteiger partial charge in [0.2, 0.25) is 0 Å². The number of aromatic nitrogens is 2. The number of methoxy groups -OCH3 is 1. The maximum atomic E-state index is 11.0. The van der Waals surface area contributed by atoms with Crippen molar-refractivity contribution in [1.82, 2.24) is 9.78 Å². The van der Waals surface area contributed by atoms with Crippen LogP contribution in [0.15, 0.2) is 12.3 Å². The summed E-state index contributed by atoms with van der Waals surface area (Å²) in [5.41, 5.74) is 5.53. The van der Waals surface area contributed by atoms with Crippen LogP contribution in [0.5, 0.6) is 0 Å². The van der Waals surface area contributed by atoms with E-state index >= 15 is 0 Å². The molecular formula is C7H11N3O2. The molecule has 0 aromatic carbocycles.